The van der Waals surface area contributed by atoms with Crippen LogP contribution < -0.4 is 5.32 Å². The van der Waals surface area contributed by atoms with Crippen molar-refractivity contribution in [1.82, 2.24) is 19.8 Å². The zero-order chi connectivity index (χ0) is 11.4. The summed E-state index contributed by atoms with van der Waals surface area (Å²) >= 11 is 0. The van der Waals surface area contributed by atoms with E-state index in [1.807, 2.05) is 15.7 Å². The van der Waals surface area contributed by atoms with Gasteiger partial charge in [-0.2, -0.15) is 0 Å². The molecule has 1 aliphatic heterocycles. The van der Waals surface area contributed by atoms with E-state index in [-0.39, 0.29) is 30.7 Å². The minimum Gasteiger partial charge on any atom is -0.337 e. The van der Waals surface area contributed by atoms with Crippen LogP contribution in [0.25, 0.3) is 0 Å². The molecule has 2 rings (SSSR count). The largest absolute Gasteiger partial charge is 0.337 e. The van der Waals surface area contributed by atoms with Gasteiger partial charge in [0.2, 0.25) is 5.91 Å². The molecule has 2 heterocycles. The van der Waals surface area contributed by atoms with Gasteiger partial charge in [-0.05, 0) is 6.92 Å². The summed E-state index contributed by atoms with van der Waals surface area (Å²) in [6.45, 7) is 5.43. The van der Waals surface area contributed by atoms with Crippen molar-refractivity contribution in [3.05, 3.63) is 18.7 Å². The normalized spacial score (nSPS) is 18.7. The summed E-state index contributed by atoms with van der Waals surface area (Å²) in [5.74, 6) is 0.239. The molecule has 0 saturated carbocycles. The van der Waals surface area contributed by atoms with E-state index in [1.54, 1.807) is 12.5 Å². The van der Waals surface area contributed by atoms with E-state index in [1.165, 1.54) is 0 Å². The van der Waals surface area contributed by atoms with Gasteiger partial charge in [-0.25, -0.2) is 4.98 Å². The maximum absolute atomic E-state index is 12.0. The van der Waals surface area contributed by atoms with Crippen LogP contribution in [0.2, 0.25) is 0 Å². The van der Waals surface area contributed by atoms with Crippen molar-refractivity contribution in [3.63, 3.8) is 0 Å². The zero-order valence-electron chi connectivity index (χ0n) is 10.4. The van der Waals surface area contributed by atoms with E-state index in [0.29, 0.717) is 12.5 Å². The number of hydrogen-bond acceptors (Lipinski definition) is 3. The lowest BCUT2D eigenvalue weighted by Crippen LogP contribution is -2.52. The quantitative estimate of drug-likeness (QED) is 0.903. The molecule has 1 saturated heterocycles. The summed E-state index contributed by atoms with van der Waals surface area (Å²) in [6, 6.07) is 0.309. The molecule has 7 heteroatoms. The number of rotatable bonds is 3. The number of nitrogens with zero attached hydrogens (tertiary/aromatic N) is 3. The van der Waals surface area contributed by atoms with Gasteiger partial charge in [-0.3, -0.25) is 4.79 Å². The number of aromatic nitrogens is 2. The molecule has 1 N–H and O–H groups in total. The Morgan fingerprint density at radius 3 is 2.89 bits per heavy atom. The first-order valence-electron chi connectivity index (χ1n) is 5.73. The zero-order valence-corrected chi connectivity index (χ0v) is 12.0. The predicted molar refractivity (Wildman–Crippen MR) is 75.4 cm³/mol. The van der Waals surface area contributed by atoms with Gasteiger partial charge in [-0.15, -0.1) is 24.8 Å². The van der Waals surface area contributed by atoms with Gasteiger partial charge in [0.05, 0.1) is 6.33 Å². The third-order valence-electron chi connectivity index (χ3n) is 2.96. The molecule has 1 amide bonds. The average molecular weight is 295 g/mol. The molecular weight excluding hydrogens is 275 g/mol. The maximum Gasteiger partial charge on any atom is 0.224 e. The number of carbonyl (C=O) groups is 1. The molecule has 0 aromatic carbocycles. The fraction of sp³-hybridized carbons (Fsp3) is 0.636. The summed E-state index contributed by atoms with van der Waals surface area (Å²) in [5.41, 5.74) is 0. The SMILES string of the molecule is C[C@H]1CNCCN1C(=O)CCn1ccnc1.Cl.Cl. The lowest BCUT2D eigenvalue weighted by Gasteiger charge is -2.34. The lowest BCUT2D eigenvalue weighted by atomic mass is 10.2. The first-order chi connectivity index (χ1) is 7.77. The molecule has 0 radical (unpaired) electrons. The van der Waals surface area contributed by atoms with Crippen molar-refractivity contribution < 1.29 is 4.79 Å². The van der Waals surface area contributed by atoms with Crippen LogP contribution in [0.5, 0.6) is 0 Å². The van der Waals surface area contributed by atoms with Crippen LogP contribution in [0.3, 0.4) is 0 Å². The Balaban J connectivity index is 0.00000144. The fourth-order valence-electron chi connectivity index (χ4n) is 2.00. The van der Waals surface area contributed by atoms with Crippen LogP contribution in [0.4, 0.5) is 0 Å². The van der Waals surface area contributed by atoms with Crippen LogP contribution in [0, 0.1) is 0 Å². The standard InChI is InChI=1S/C11H18N4O.2ClH/c1-10-8-12-4-7-15(10)11(16)2-5-14-6-3-13-9-14;;/h3,6,9-10,12H,2,4-5,7-8H2,1H3;2*1H/t10-;;/m0../s1. The van der Waals surface area contributed by atoms with E-state index < -0.39 is 0 Å². The number of halogens is 2. The molecule has 1 fully saturated rings. The van der Waals surface area contributed by atoms with Crippen LogP contribution >= 0.6 is 24.8 Å². The molecule has 1 aromatic rings. The van der Waals surface area contributed by atoms with Gasteiger partial charge >= 0.3 is 0 Å². The van der Waals surface area contributed by atoms with Crippen LogP contribution in [0.15, 0.2) is 18.7 Å². The Morgan fingerprint density at radius 2 is 2.28 bits per heavy atom. The summed E-state index contributed by atoms with van der Waals surface area (Å²) in [5, 5.41) is 3.28. The first-order valence-corrected chi connectivity index (χ1v) is 5.73. The summed E-state index contributed by atoms with van der Waals surface area (Å²) in [4.78, 5) is 17.9. The fourth-order valence-corrected chi connectivity index (χ4v) is 2.00. The van der Waals surface area contributed by atoms with Crippen molar-refractivity contribution >= 4 is 30.7 Å². The Morgan fingerprint density at radius 1 is 1.50 bits per heavy atom. The topological polar surface area (TPSA) is 50.2 Å². The number of aryl methyl sites for hydroxylation is 1. The molecule has 1 aromatic heterocycles. The average Bonchev–Trinajstić information content (AvgIpc) is 2.79. The van der Waals surface area contributed by atoms with Crippen molar-refractivity contribution in [2.45, 2.75) is 25.9 Å². The number of imidazole rings is 1. The van der Waals surface area contributed by atoms with Crippen molar-refractivity contribution in [1.29, 1.82) is 0 Å². The van der Waals surface area contributed by atoms with Crippen LogP contribution in [-0.4, -0.2) is 46.0 Å². The van der Waals surface area contributed by atoms with Gasteiger partial charge in [0, 0.05) is 51.0 Å². The Kier molecular flexibility index (Phi) is 7.98. The summed E-state index contributed by atoms with van der Waals surface area (Å²) in [6.07, 6.45) is 5.92. The molecule has 5 nitrogen and oxygen atoms in total. The van der Waals surface area contributed by atoms with E-state index in [2.05, 4.69) is 17.2 Å². The third kappa shape index (κ3) is 4.48. The number of carbonyl (C=O) groups excluding carboxylic acids is 1. The molecule has 0 unspecified atom stereocenters. The summed E-state index contributed by atoms with van der Waals surface area (Å²) in [7, 11) is 0. The van der Waals surface area contributed by atoms with Gasteiger partial charge < -0.3 is 14.8 Å². The highest BCUT2D eigenvalue weighted by molar-refractivity contribution is 5.85. The second kappa shape index (κ2) is 8.34. The minimum absolute atomic E-state index is 0. The third-order valence-corrected chi connectivity index (χ3v) is 2.96. The van der Waals surface area contributed by atoms with Gasteiger partial charge in [-0.1, -0.05) is 0 Å². The predicted octanol–water partition coefficient (Wildman–Crippen LogP) is 0.937. The van der Waals surface area contributed by atoms with Gasteiger partial charge in [0.25, 0.3) is 0 Å². The summed E-state index contributed by atoms with van der Waals surface area (Å²) < 4.78 is 1.94. The minimum atomic E-state index is 0. The van der Waals surface area contributed by atoms with Crippen LogP contribution in [0.1, 0.15) is 13.3 Å². The van der Waals surface area contributed by atoms with E-state index >= 15 is 0 Å². The number of piperazine rings is 1. The Bertz CT molecular complexity index is 345. The monoisotopic (exact) mass is 294 g/mol. The Hall–Kier alpha value is -0.780. The molecule has 0 aliphatic carbocycles. The van der Waals surface area contributed by atoms with Gasteiger partial charge in [0.15, 0.2) is 0 Å². The van der Waals surface area contributed by atoms with E-state index in [0.717, 1.165) is 26.2 Å². The number of hydrogen-bond donors (Lipinski definition) is 1. The highest BCUT2D eigenvalue weighted by atomic mass is 35.5. The molecule has 1 atom stereocenters. The molecule has 18 heavy (non-hydrogen) atoms. The maximum atomic E-state index is 12.0. The second-order valence-corrected chi connectivity index (χ2v) is 4.19. The van der Waals surface area contributed by atoms with Crippen LogP contribution in [-0.2, 0) is 11.3 Å². The lowest BCUT2D eigenvalue weighted by molar-refractivity contribution is -0.134. The molecule has 0 spiro atoms. The van der Waals surface area contributed by atoms with Crippen molar-refractivity contribution in [2.75, 3.05) is 19.6 Å². The van der Waals surface area contributed by atoms with E-state index in [4.69, 9.17) is 0 Å². The van der Waals surface area contributed by atoms with Crippen molar-refractivity contribution in [3.8, 4) is 0 Å². The van der Waals surface area contributed by atoms with E-state index in [9.17, 15) is 4.79 Å². The highest BCUT2D eigenvalue weighted by Gasteiger charge is 2.22. The molecule has 0 bridgehead atoms. The molecule has 1 aliphatic rings. The smallest absolute Gasteiger partial charge is 0.224 e. The highest BCUT2D eigenvalue weighted by Crippen LogP contribution is 2.05. The van der Waals surface area contributed by atoms with Gasteiger partial charge in [0.1, 0.15) is 0 Å². The first kappa shape index (κ1) is 17.2. The number of nitrogens with one attached hydrogen (secondary N) is 1. The van der Waals surface area contributed by atoms with Crippen molar-refractivity contribution in [2.24, 2.45) is 0 Å². The second-order valence-electron chi connectivity index (χ2n) is 4.19. The number of amides is 1. The molecule has 104 valence electrons. The Labute approximate surface area is 120 Å². The molecular formula is C11H20Cl2N4O.